The molecular weight excluding hydrogens is 232 g/mol. The molecule has 0 unspecified atom stereocenters. The first-order valence-electron chi connectivity index (χ1n) is 5.51. The number of hydrogen-bond donors (Lipinski definition) is 1. The Bertz CT molecular complexity index is 545. The van der Waals surface area contributed by atoms with E-state index in [-0.39, 0.29) is 12.0 Å². The van der Waals surface area contributed by atoms with Gasteiger partial charge in [0, 0.05) is 5.56 Å². The van der Waals surface area contributed by atoms with E-state index in [9.17, 15) is 0 Å². The Balaban J connectivity index is 2.42. The van der Waals surface area contributed by atoms with E-state index in [0.29, 0.717) is 12.4 Å². The van der Waals surface area contributed by atoms with Gasteiger partial charge in [0.25, 0.3) is 0 Å². The van der Waals surface area contributed by atoms with Crippen LogP contribution < -0.4 is 15.2 Å². The van der Waals surface area contributed by atoms with Crippen LogP contribution in [-0.2, 0) is 0 Å². The number of nitrogens with two attached hydrogens (primary N) is 1. The predicted molar refractivity (Wildman–Crippen MR) is 67.4 cm³/mol. The highest BCUT2D eigenvalue weighted by atomic mass is 16.5. The van der Waals surface area contributed by atoms with E-state index in [4.69, 9.17) is 15.2 Å². The molecule has 0 aliphatic heterocycles. The largest absolute Gasteiger partial charge is 0.497 e. The standard InChI is InChI=1S/C12H14N4O2/c1-3-18-12-15-10(14-11(13)16-12)8-5-4-6-9(7-8)17-2/h4-7H,3H2,1-2H3,(H2,13,14,15,16). The van der Waals surface area contributed by atoms with Crippen LogP contribution in [0.2, 0.25) is 0 Å². The minimum Gasteiger partial charge on any atom is -0.497 e. The molecule has 0 radical (unpaired) electrons. The van der Waals surface area contributed by atoms with Crippen molar-refractivity contribution in [1.82, 2.24) is 15.0 Å². The fourth-order valence-electron chi connectivity index (χ4n) is 1.46. The number of anilines is 1. The lowest BCUT2D eigenvalue weighted by Gasteiger charge is -2.06. The van der Waals surface area contributed by atoms with Gasteiger partial charge in [-0.05, 0) is 19.1 Å². The van der Waals surface area contributed by atoms with Crippen molar-refractivity contribution in [3.8, 4) is 23.1 Å². The van der Waals surface area contributed by atoms with Crippen molar-refractivity contribution >= 4 is 5.95 Å². The molecule has 94 valence electrons. The number of rotatable bonds is 4. The number of nitrogens with zero attached hydrogens (tertiary/aromatic N) is 3. The minimum atomic E-state index is 0.131. The summed E-state index contributed by atoms with van der Waals surface area (Å²) in [6, 6.07) is 7.62. The maximum absolute atomic E-state index is 5.62. The van der Waals surface area contributed by atoms with Crippen LogP contribution in [0, 0.1) is 0 Å². The van der Waals surface area contributed by atoms with Gasteiger partial charge in [0.05, 0.1) is 13.7 Å². The first-order chi connectivity index (χ1) is 8.72. The molecule has 0 spiro atoms. The molecule has 6 heteroatoms. The average Bonchev–Trinajstić information content (AvgIpc) is 2.38. The lowest BCUT2D eigenvalue weighted by Crippen LogP contribution is -2.04. The summed E-state index contributed by atoms with van der Waals surface area (Å²) in [5, 5.41) is 0. The number of aromatic nitrogens is 3. The third-order valence-electron chi connectivity index (χ3n) is 2.23. The van der Waals surface area contributed by atoms with E-state index in [0.717, 1.165) is 11.3 Å². The first kappa shape index (κ1) is 12.1. The Kier molecular flexibility index (Phi) is 3.57. The third-order valence-corrected chi connectivity index (χ3v) is 2.23. The molecule has 0 aliphatic carbocycles. The number of methoxy groups -OCH3 is 1. The summed E-state index contributed by atoms with van der Waals surface area (Å²) in [5.74, 6) is 1.32. The molecule has 1 aromatic carbocycles. The second-order valence-corrected chi connectivity index (χ2v) is 3.46. The van der Waals surface area contributed by atoms with Crippen LogP contribution in [0.1, 0.15) is 6.92 Å². The molecule has 6 nitrogen and oxygen atoms in total. The van der Waals surface area contributed by atoms with E-state index in [1.807, 2.05) is 31.2 Å². The summed E-state index contributed by atoms with van der Waals surface area (Å²) in [4.78, 5) is 12.2. The molecule has 1 aromatic heterocycles. The van der Waals surface area contributed by atoms with Gasteiger partial charge in [0.15, 0.2) is 5.82 Å². The van der Waals surface area contributed by atoms with Crippen molar-refractivity contribution in [3.05, 3.63) is 24.3 Å². The number of hydrogen-bond acceptors (Lipinski definition) is 6. The Morgan fingerprint density at radius 3 is 2.78 bits per heavy atom. The molecule has 0 bridgehead atoms. The fraction of sp³-hybridized carbons (Fsp3) is 0.250. The lowest BCUT2D eigenvalue weighted by atomic mass is 10.2. The van der Waals surface area contributed by atoms with Crippen molar-refractivity contribution < 1.29 is 9.47 Å². The van der Waals surface area contributed by atoms with Crippen LogP contribution in [0.4, 0.5) is 5.95 Å². The normalized spacial score (nSPS) is 10.1. The Morgan fingerprint density at radius 1 is 1.22 bits per heavy atom. The maximum Gasteiger partial charge on any atom is 0.321 e. The van der Waals surface area contributed by atoms with E-state index in [1.54, 1.807) is 7.11 Å². The van der Waals surface area contributed by atoms with E-state index >= 15 is 0 Å². The van der Waals surface area contributed by atoms with Gasteiger partial charge in [-0.15, -0.1) is 0 Å². The monoisotopic (exact) mass is 246 g/mol. The van der Waals surface area contributed by atoms with Crippen LogP contribution in [0.5, 0.6) is 11.8 Å². The highest BCUT2D eigenvalue weighted by Gasteiger charge is 2.08. The molecule has 0 amide bonds. The fourth-order valence-corrected chi connectivity index (χ4v) is 1.46. The molecule has 0 saturated carbocycles. The number of ether oxygens (including phenoxy) is 2. The second-order valence-electron chi connectivity index (χ2n) is 3.46. The van der Waals surface area contributed by atoms with Crippen molar-refractivity contribution in [2.45, 2.75) is 6.92 Å². The summed E-state index contributed by atoms with van der Waals surface area (Å²) in [6.07, 6.45) is 0. The summed E-state index contributed by atoms with van der Waals surface area (Å²) in [7, 11) is 1.60. The van der Waals surface area contributed by atoms with Crippen LogP contribution in [0.25, 0.3) is 11.4 Å². The highest BCUT2D eigenvalue weighted by Crippen LogP contribution is 2.22. The third kappa shape index (κ3) is 2.65. The van der Waals surface area contributed by atoms with Gasteiger partial charge in [0.2, 0.25) is 5.95 Å². The molecule has 18 heavy (non-hydrogen) atoms. The van der Waals surface area contributed by atoms with Gasteiger partial charge in [0.1, 0.15) is 5.75 Å². The zero-order valence-corrected chi connectivity index (χ0v) is 10.3. The number of nitrogen functional groups attached to an aromatic ring is 1. The van der Waals surface area contributed by atoms with Crippen molar-refractivity contribution in [2.75, 3.05) is 19.5 Å². The van der Waals surface area contributed by atoms with Crippen LogP contribution in [0.3, 0.4) is 0 Å². The summed E-state index contributed by atoms with van der Waals surface area (Å²) in [5.41, 5.74) is 6.42. The number of benzene rings is 1. The summed E-state index contributed by atoms with van der Waals surface area (Å²) < 4.78 is 10.4. The Hall–Kier alpha value is -2.37. The Labute approximate surface area is 105 Å². The van der Waals surface area contributed by atoms with Crippen LogP contribution in [-0.4, -0.2) is 28.7 Å². The smallest absolute Gasteiger partial charge is 0.321 e. The van der Waals surface area contributed by atoms with E-state index in [2.05, 4.69) is 15.0 Å². The molecule has 0 fully saturated rings. The summed E-state index contributed by atoms with van der Waals surface area (Å²) in [6.45, 7) is 2.33. The van der Waals surface area contributed by atoms with Gasteiger partial charge < -0.3 is 15.2 Å². The topological polar surface area (TPSA) is 83.2 Å². The van der Waals surface area contributed by atoms with E-state index in [1.165, 1.54) is 0 Å². The molecular formula is C12H14N4O2. The first-order valence-corrected chi connectivity index (χ1v) is 5.51. The van der Waals surface area contributed by atoms with Crippen molar-refractivity contribution in [1.29, 1.82) is 0 Å². The zero-order valence-electron chi connectivity index (χ0n) is 10.3. The van der Waals surface area contributed by atoms with Gasteiger partial charge in [-0.1, -0.05) is 12.1 Å². The molecule has 0 saturated heterocycles. The van der Waals surface area contributed by atoms with Crippen molar-refractivity contribution in [2.24, 2.45) is 0 Å². The van der Waals surface area contributed by atoms with Gasteiger partial charge in [-0.3, -0.25) is 0 Å². The zero-order chi connectivity index (χ0) is 13.0. The average molecular weight is 246 g/mol. The highest BCUT2D eigenvalue weighted by molar-refractivity contribution is 5.58. The SMILES string of the molecule is CCOc1nc(N)nc(-c2cccc(OC)c2)n1. The van der Waals surface area contributed by atoms with Gasteiger partial charge in [-0.25, -0.2) is 0 Å². The molecule has 2 aromatic rings. The quantitative estimate of drug-likeness (QED) is 0.880. The molecule has 1 heterocycles. The van der Waals surface area contributed by atoms with Crippen LogP contribution in [0.15, 0.2) is 24.3 Å². The second kappa shape index (κ2) is 5.31. The summed E-state index contributed by atoms with van der Waals surface area (Å²) >= 11 is 0. The lowest BCUT2D eigenvalue weighted by molar-refractivity contribution is 0.312. The molecule has 2 N–H and O–H groups in total. The molecule has 0 aliphatic rings. The van der Waals surface area contributed by atoms with Crippen LogP contribution >= 0.6 is 0 Å². The van der Waals surface area contributed by atoms with E-state index < -0.39 is 0 Å². The van der Waals surface area contributed by atoms with Gasteiger partial charge >= 0.3 is 6.01 Å². The molecule has 2 rings (SSSR count). The predicted octanol–water partition coefficient (Wildman–Crippen LogP) is 1.53. The van der Waals surface area contributed by atoms with Crippen molar-refractivity contribution in [3.63, 3.8) is 0 Å². The Morgan fingerprint density at radius 2 is 2.06 bits per heavy atom. The van der Waals surface area contributed by atoms with Gasteiger partial charge in [-0.2, -0.15) is 15.0 Å². The molecule has 0 atom stereocenters. The maximum atomic E-state index is 5.62. The minimum absolute atomic E-state index is 0.131.